The summed E-state index contributed by atoms with van der Waals surface area (Å²) in [6.07, 6.45) is -0.609. The molecule has 0 fully saturated rings. The monoisotopic (exact) mass is 414 g/mol. The highest BCUT2D eigenvalue weighted by atomic mass is 16.5. The van der Waals surface area contributed by atoms with Crippen molar-refractivity contribution < 1.29 is 14.3 Å². The first-order valence-electron chi connectivity index (χ1n) is 10.5. The summed E-state index contributed by atoms with van der Waals surface area (Å²) in [5.74, 6) is 0.189. The number of fused-ring (bicyclic) bond motifs is 1. The van der Waals surface area contributed by atoms with E-state index in [1.807, 2.05) is 98.8 Å². The Balaban J connectivity index is 1.60. The van der Waals surface area contributed by atoms with Gasteiger partial charge in [0.05, 0.1) is 11.7 Å². The number of anilines is 1. The first-order chi connectivity index (χ1) is 15.0. The van der Waals surface area contributed by atoms with Gasteiger partial charge in [-0.25, -0.2) is 0 Å². The summed E-state index contributed by atoms with van der Waals surface area (Å²) in [6.45, 7) is 3.81. The van der Waals surface area contributed by atoms with Gasteiger partial charge in [0.2, 0.25) is 5.91 Å². The van der Waals surface area contributed by atoms with Crippen LogP contribution in [-0.4, -0.2) is 24.5 Å². The van der Waals surface area contributed by atoms with E-state index < -0.39 is 6.10 Å². The minimum Gasteiger partial charge on any atom is -0.478 e. The molecule has 158 valence electrons. The summed E-state index contributed by atoms with van der Waals surface area (Å²) in [4.78, 5) is 27.8. The molecule has 3 aromatic carbocycles. The molecule has 31 heavy (non-hydrogen) atoms. The first-order valence-corrected chi connectivity index (χ1v) is 10.5. The normalized spacial score (nSPS) is 15.5. The van der Waals surface area contributed by atoms with Crippen LogP contribution in [0, 0.1) is 5.92 Å². The molecule has 2 amide bonds. The molecule has 0 aliphatic carbocycles. The van der Waals surface area contributed by atoms with E-state index in [0.29, 0.717) is 11.4 Å². The van der Waals surface area contributed by atoms with Crippen LogP contribution in [0.25, 0.3) is 0 Å². The molecule has 1 aliphatic rings. The van der Waals surface area contributed by atoms with Gasteiger partial charge in [0.15, 0.2) is 6.10 Å². The van der Waals surface area contributed by atoms with Gasteiger partial charge in [0.1, 0.15) is 12.3 Å². The average molecular weight is 415 g/mol. The fourth-order valence-electron chi connectivity index (χ4n) is 3.82. The largest absolute Gasteiger partial charge is 0.478 e. The average Bonchev–Trinajstić information content (AvgIpc) is 2.80. The standard InChI is InChI=1S/C26H26N2O3/c1-18(2)25-26(30)28(21-15-9-10-16-22(21)31-25)17-23(29)27-24(19-11-5-3-6-12-19)20-13-7-4-8-14-20/h3-16,18,24-25H,17H2,1-2H3,(H,27,29)/t25-/m0/s1. The van der Waals surface area contributed by atoms with Crippen molar-refractivity contribution in [3.8, 4) is 5.75 Å². The molecule has 0 saturated heterocycles. The quantitative estimate of drug-likeness (QED) is 0.653. The number of hydrogen-bond donors (Lipinski definition) is 1. The van der Waals surface area contributed by atoms with E-state index in [4.69, 9.17) is 4.74 Å². The molecule has 1 heterocycles. The lowest BCUT2D eigenvalue weighted by molar-refractivity contribution is -0.130. The Morgan fingerprint density at radius 3 is 2.03 bits per heavy atom. The van der Waals surface area contributed by atoms with Gasteiger partial charge in [-0.3, -0.25) is 14.5 Å². The fraction of sp³-hybridized carbons (Fsp3) is 0.231. The van der Waals surface area contributed by atoms with Crippen molar-refractivity contribution in [3.05, 3.63) is 96.1 Å². The molecule has 0 radical (unpaired) electrons. The molecule has 1 N–H and O–H groups in total. The molecule has 5 heteroatoms. The summed E-state index contributed by atoms with van der Waals surface area (Å²) in [6, 6.07) is 26.7. The molecule has 1 aliphatic heterocycles. The molecule has 0 saturated carbocycles. The minimum atomic E-state index is -0.609. The van der Waals surface area contributed by atoms with Crippen LogP contribution in [0.1, 0.15) is 31.0 Å². The van der Waals surface area contributed by atoms with Crippen LogP contribution in [0.5, 0.6) is 5.75 Å². The number of carbonyl (C=O) groups is 2. The number of amides is 2. The Hall–Kier alpha value is -3.60. The number of nitrogens with one attached hydrogen (secondary N) is 1. The highest BCUT2D eigenvalue weighted by Gasteiger charge is 2.37. The van der Waals surface area contributed by atoms with Gasteiger partial charge < -0.3 is 10.1 Å². The highest BCUT2D eigenvalue weighted by Crippen LogP contribution is 2.35. The van der Waals surface area contributed by atoms with Crippen LogP contribution in [0.3, 0.4) is 0 Å². The Bertz CT molecular complexity index is 1010. The molecule has 5 nitrogen and oxygen atoms in total. The van der Waals surface area contributed by atoms with Crippen LogP contribution in [0.15, 0.2) is 84.9 Å². The Morgan fingerprint density at radius 2 is 1.45 bits per heavy atom. The number of para-hydroxylation sites is 2. The zero-order chi connectivity index (χ0) is 21.8. The third-order valence-electron chi connectivity index (χ3n) is 5.40. The van der Waals surface area contributed by atoms with Crippen LogP contribution in [-0.2, 0) is 9.59 Å². The predicted octanol–water partition coefficient (Wildman–Crippen LogP) is 4.34. The van der Waals surface area contributed by atoms with E-state index in [9.17, 15) is 9.59 Å². The molecule has 0 spiro atoms. The van der Waals surface area contributed by atoms with Crippen molar-refractivity contribution in [3.63, 3.8) is 0 Å². The Kier molecular flexibility index (Phi) is 6.03. The number of benzene rings is 3. The second-order valence-electron chi connectivity index (χ2n) is 8.00. The third kappa shape index (κ3) is 4.45. The third-order valence-corrected chi connectivity index (χ3v) is 5.40. The maximum atomic E-state index is 13.2. The lowest BCUT2D eigenvalue weighted by Gasteiger charge is -2.35. The van der Waals surface area contributed by atoms with Crippen LogP contribution < -0.4 is 15.0 Å². The SMILES string of the molecule is CC(C)[C@@H]1Oc2ccccc2N(CC(=O)NC(c2ccccc2)c2ccccc2)C1=O. The fourth-order valence-corrected chi connectivity index (χ4v) is 3.82. The Morgan fingerprint density at radius 1 is 0.903 bits per heavy atom. The molecule has 1 atom stereocenters. The van der Waals surface area contributed by atoms with Gasteiger partial charge in [0.25, 0.3) is 5.91 Å². The number of rotatable bonds is 6. The molecule has 3 aromatic rings. The first kappa shape index (κ1) is 20.7. The molecular formula is C26H26N2O3. The van der Waals surface area contributed by atoms with Crippen LogP contribution in [0.4, 0.5) is 5.69 Å². The second kappa shape index (κ2) is 9.04. The van der Waals surface area contributed by atoms with Gasteiger partial charge >= 0.3 is 0 Å². The molecular weight excluding hydrogens is 388 g/mol. The van der Waals surface area contributed by atoms with E-state index in [1.54, 1.807) is 0 Å². The van der Waals surface area contributed by atoms with Gasteiger partial charge in [-0.05, 0) is 29.2 Å². The smallest absolute Gasteiger partial charge is 0.268 e. The summed E-state index contributed by atoms with van der Waals surface area (Å²) < 4.78 is 5.91. The van der Waals surface area contributed by atoms with Crippen molar-refractivity contribution in [2.75, 3.05) is 11.4 Å². The van der Waals surface area contributed by atoms with E-state index in [-0.39, 0.29) is 30.3 Å². The van der Waals surface area contributed by atoms with Crippen molar-refractivity contribution in [1.29, 1.82) is 0 Å². The van der Waals surface area contributed by atoms with Gasteiger partial charge in [0, 0.05) is 0 Å². The predicted molar refractivity (Wildman–Crippen MR) is 121 cm³/mol. The number of carbonyl (C=O) groups excluding carboxylic acids is 2. The van der Waals surface area contributed by atoms with Crippen LogP contribution in [0.2, 0.25) is 0 Å². The van der Waals surface area contributed by atoms with E-state index >= 15 is 0 Å². The van der Waals surface area contributed by atoms with E-state index in [0.717, 1.165) is 11.1 Å². The van der Waals surface area contributed by atoms with Crippen molar-refractivity contribution in [2.45, 2.75) is 26.0 Å². The molecule has 0 aromatic heterocycles. The van der Waals surface area contributed by atoms with Gasteiger partial charge in [-0.15, -0.1) is 0 Å². The molecule has 0 bridgehead atoms. The number of ether oxygens (including phenoxy) is 1. The van der Waals surface area contributed by atoms with Gasteiger partial charge in [-0.1, -0.05) is 86.6 Å². The summed E-state index contributed by atoms with van der Waals surface area (Å²) >= 11 is 0. The molecule has 4 rings (SSSR count). The lowest BCUT2D eigenvalue weighted by atomic mass is 9.98. The lowest BCUT2D eigenvalue weighted by Crippen LogP contribution is -2.51. The Labute approximate surface area is 182 Å². The zero-order valence-electron chi connectivity index (χ0n) is 17.7. The number of hydrogen-bond acceptors (Lipinski definition) is 3. The van der Waals surface area contributed by atoms with E-state index in [2.05, 4.69) is 5.32 Å². The maximum Gasteiger partial charge on any atom is 0.268 e. The second-order valence-corrected chi connectivity index (χ2v) is 8.00. The molecule has 0 unspecified atom stereocenters. The zero-order valence-corrected chi connectivity index (χ0v) is 17.7. The van der Waals surface area contributed by atoms with Crippen molar-refractivity contribution in [2.24, 2.45) is 5.92 Å². The minimum absolute atomic E-state index is 0.00666. The summed E-state index contributed by atoms with van der Waals surface area (Å²) in [5, 5.41) is 3.12. The van der Waals surface area contributed by atoms with Crippen molar-refractivity contribution >= 4 is 17.5 Å². The van der Waals surface area contributed by atoms with Gasteiger partial charge in [-0.2, -0.15) is 0 Å². The summed E-state index contributed by atoms with van der Waals surface area (Å²) in [5.41, 5.74) is 2.59. The van der Waals surface area contributed by atoms with Crippen molar-refractivity contribution in [1.82, 2.24) is 5.32 Å². The van der Waals surface area contributed by atoms with E-state index in [1.165, 1.54) is 4.90 Å². The van der Waals surface area contributed by atoms with Crippen LogP contribution >= 0.6 is 0 Å². The topological polar surface area (TPSA) is 58.6 Å². The maximum absolute atomic E-state index is 13.2. The highest BCUT2D eigenvalue weighted by molar-refractivity contribution is 6.04. The summed E-state index contributed by atoms with van der Waals surface area (Å²) in [7, 11) is 0. The number of nitrogens with zero attached hydrogens (tertiary/aromatic N) is 1.